The number of aromatic nitrogens is 2. The first-order valence-electron chi connectivity index (χ1n) is 1.21. The molecule has 0 aliphatic carbocycles. The normalized spacial score (nSPS) is 6.67. The van der Waals surface area contributed by atoms with E-state index in [0.29, 0.717) is 0 Å². The maximum absolute atomic E-state index is 4.22. The van der Waals surface area contributed by atoms with Crippen molar-refractivity contribution in [2.45, 2.75) is 0 Å². The Balaban J connectivity index is 0.000000250. The molecule has 0 saturated heterocycles. The summed E-state index contributed by atoms with van der Waals surface area (Å²) in [6.07, 6.45) is 2.88. The molecule has 0 atom stereocenters. The van der Waals surface area contributed by atoms with E-state index in [4.69, 9.17) is 0 Å². The van der Waals surface area contributed by atoms with E-state index < -0.39 is 0 Å². The summed E-state index contributed by atoms with van der Waals surface area (Å²) in [5, 5.41) is 6.40. The predicted octanol–water partition coefficient (Wildman–Crippen LogP) is -0.311. The standard InChI is InChI=1S/C2H2N2O.Li/c1-2-5-4-3-1;/h1-2H;. The molecule has 0 aliphatic heterocycles. The molecule has 0 unspecified atom stereocenters. The third-order valence-corrected chi connectivity index (χ3v) is 0.283. The summed E-state index contributed by atoms with van der Waals surface area (Å²) in [5.41, 5.74) is 0. The number of hydrogen-bond donors (Lipinski definition) is 0. The fourth-order valence-electron chi connectivity index (χ4n) is 0.136. The first-order valence-corrected chi connectivity index (χ1v) is 1.21. The predicted molar refractivity (Wildman–Crippen MR) is 20.1 cm³/mol. The van der Waals surface area contributed by atoms with E-state index in [0.717, 1.165) is 0 Å². The molecule has 6 heavy (non-hydrogen) atoms. The van der Waals surface area contributed by atoms with Crippen molar-refractivity contribution in [3.63, 3.8) is 0 Å². The Kier molecular flexibility index (Phi) is 2.82. The molecular weight excluding hydrogens is 75.0 g/mol. The zero-order chi connectivity index (χ0) is 3.54. The number of nitrogens with zero attached hydrogens (tertiary/aromatic N) is 2. The van der Waals surface area contributed by atoms with Crippen molar-refractivity contribution in [1.82, 2.24) is 10.4 Å². The van der Waals surface area contributed by atoms with Gasteiger partial charge in [-0.3, -0.25) is 0 Å². The SMILES string of the molecule is [Li].c1conn1. The van der Waals surface area contributed by atoms with Gasteiger partial charge in [0, 0.05) is 24.1 Å². The third kappa shape index (κ3) is 1.25. The molecule has 0 aromatic carbocycles. The Morgan fingerprint density at radius 3 is 2.50 bits per heavy atom. The van der Waals surface area contributed by atoms with Gasteiger partial charge in [0.15, 0.2) is 0 Å². The first-order chi connectivity index (χ1) is 2.50. The number of hydrogen-bond acceptors (Lipinski definition) is 3. The van der Waals surface area contributed by atoms with Gasteiger partial charge in [0.05, 0.1) is 6.20 Å². The van der Waals surface area contributed by atoms with Crippen molar-refractivity contribution in [1.29, 1.82) is 0 Å². The van der Waals surface area contributed by atoms with Crippen molar-refractivity contribution in [2.75, 3.05) is 0 Å². The minimum Gasteiger partial charge on any atom is -0.346 e. The molecular formula is C2H2LiN2O. The Labute approximate surface area is 46.9 Å². The average Bonchev–Trinajstić information content (AvgIpc) is 1.76. The van der Waals surface area contributed by atoms with Gasteiger partial charge in [-0.15, -0.1) is 5.10 Å². The van der Waals surface area contributed by atoms with Crippen LogP contribution in [0.1, 0.15) is 0 Å². The van der Waals surface area contributed by atoms with E-state index in [2.05, 4.69) is 14.9 Å². The molecule has 0 amide bonds. The molecule has 1 rings (SSSR count). The van der Waals surface area contributed by atoms with Crippen LogP contribution in [0.5, 0.6) is 0 Å². The fraction of sp³-hybridized carbons (Fsp3) is 0. The average molecular weight is 77.0 g/mol. The Hall–Kier alpha value is -0.263. The second kappa shape index (κ2) is 2.95. The van der Waals surface area contributed by atoms with Crippen LogP contribution in [0, 0.1) is 0 Å². The first kappa shape index (κ1) is 5.74. The van der Waals surface area contributed by atoms with E-state index >= 15 is 0 Å². The molecule has 0 saturated carbocycles. The van der Waals surface area contributed by atoms with Gasteiger partial charge in [-0.1, -0.05) is 0 Å². The number of rotatable bonds is 0. The van der Waals surface area contributed by atoms with Crippen molar-refractivity contribution < 1.29 is 4.52 Å². The molecule has 0 fully saturated rings. The molecule has 3 nitrogen and oxygen atoms in total. The van der Waals surface area contributed by atoms with Crippen molar-refractivity contribution in [2.24, 2.45) is 0 Å². The van der Waals surface area contributed by atoms with Crippen LogP contribution in [-0.4, -0.2) is 29.2 Å². The zero-order valence-corrected chi connectivity index (χ0v) is 3.46. The topological polar surface area (TPSA) is 38.9 Å². The Bertz CT molecular complexity index is 68.0. The summed E-state index contributed by atoms with van der Waals surface area (Å²) >= 11 is 0. The van der Waals surface area contributed by atoms with E-state index in [1.165, 1.54) is 12.5 Å². The summed E-state index contributed by atoms with van der Waals surface area (Å²) < 4.78 is 4.22. The van der Waals surface area contributed by atoms with Crippen LogP contribution < -0.4 is 0 Å². The molecule has 1 aromatic rings. The van der Waals surface area contributed by atoms with E-state index in [1.807, 2.05) is 0 Å². The van der Waals surface area contributed by atoms with E-state index in [9.17, 15) is 0 Å². The van der Waals surface area contributed by atoms with Gasteiger partial charge in [0.25, 0.3) is 0 Å². The molecule has 0 spiro atoms. The molecule has 1 heterocycles. The van der Waals surface area contributed by atoms with Crippen LogP contribution in [0.25, 0.3) is 0 Å². The van der Waals surface area contributed by atoms with Crippen molar-refractivity contribution in [3.8, 4) is 0 Å². The van der Waals surface area contributed by atoms with Crippen LogP contribution >= 0.6 is 0 Å². The van der Waals surface area contributed by atoms with Crippen LogP contribution in [0.15, 0.2) is 17.0 Å². The molecule has 27 valence electrons. The van der Waals surface area contributed by atoms with Gasteiger partial charge >= 0.3 is 0 Å². The maximum Gasteiger partial charge on any atom is 0.144 e. The monoisotopic (exact) mass is 77.0 g/mol. The van der Waals surface area contributed by atoms with Gasteiger partial charge in [0.2, 0.25) is 0 Å². The summed E-state index contributed by atoms with van der Waals surface area (Å²) in [5.74, 6) is 0. The molecule has 1 radical (unpaired) electrons. The Morgan fingerprint density at radius 2 is 2.33 bits per heavy atom. The zero-order valence-electron chi connectivity index (χ0n) is 3.46. The van der Waals surface area contributed by atoms with Crippen LogP contribution in [-0.2, 0) is 0 Å². The second-order valence-electron chi connectivity index (χ2n) is 0.588. The van der Waals surface area contributed by atoms with Crippen LogP contribution in [0.4, 0.5) is 0 Å². The summed E-state index contributed by atoms with van der Waals surface area (Å²) in [6, 6.07) is 0. The van der Waals surface area contributed by atoms with Gasteiger partial charge < -0.3 is 4.52 Å². The molecule has 0 bridgehead atoms. The van der Waals surface area contributed by atoms with Gasteiger partial charge in [-0.2, -0.15) is 0 Å². The van der Waals surface area contributed by atoms with Gasteiger partial charge in [0.1, 0.15) is 6.26 Å². The van der Waals surface area contributed by atoms with Gasteiger partial charge in [-0.05, 0) is 0 Å². The third-order valence-electron chi connectivity index (χ3n) is 0.283. The quantitative estimate of drug-likeness (QED) is 0.398. The second-order valence-corrected chi connectivity index (χ2v) is 0.588. The van der Waals surface area contributed by atoms with Gasteiger partial charge in [-0.25, -0.2) is 0 Å². The summed E-state index contributed by atoms with van der Waals surface area (Å²) in [7, 11) is 0. The molecule has 0 aliphatic rings. The van der Waals surface area contributed by atoms with Crippen LogP contribution in [0.3, 0.4) is 0 Å². The summed E-state index contributed by atoms with van der Waals surface area (Å²) in [4.78, 5) is 0. The summed E-state index contributed by atoms with van der Waals surface area (Å²) in [6.45, 7) is 0. The molecule has 4 heteroatoms. The van der Waals surface area contributed by atoms with E-state index in [-0.39, 0.29) is 18.9 Å². The minimum absolute atomic E-state index is 0. The van der Waals surface area contributed by atoms with Crippen molar-refractivity contribution >= 4 is 18.9 Å². The van der Waals surface area contributed by atoms with Crippen LogP contribution in [0.2, 0.25) is 0 Å². The molecule has 1 aromatic heterocycles. The molecule has 0 N–H and O–H groups in total. The largest absolute Gasteiger partial charge is 0.346 e. The smallest absolute Gasteiger partial charge is 0.144 e. The minimum atomic E-state index is 0. The maximum atomic E-state index is 4.22. The Morgan fingerprint density at radius 1 is 1.50 bits per heavy atom. The van der Waals surface area contributed by atoms with E-state index in [1.54, 1.807) is 0 Å². The van der Waals surface area contributed by atoms with Crippen molar-refractivity contribution in [3.05, 3.63) is 12.5 Å². The fourth-order valence-corrected chi connectivity index (χ4v) is 0.136.